The summed E-state index contributed by atoms with van der Waals surface area (Å²) in [5.74, 6) is 1.34. The van der Waals surface area contributed by atoms with Gasteiger partial charge >= 0.3 is 0 Å². The molecule has 7 heteroatoms. The number of aliphatic hydroxyl groups is 1. The van der Waals surface area contributed by atoms with Crippen molar-refractivity contribution in [1.82, 2.24) is 14.9 Å². The number of ether oxygens (including phenoxy) is 1. The first-order valence-electron chi connectivity index (χ1n) is 10.4. The molecule has 158 valence electrons. The van der Waals surface area contributed by atoms with E-state index in [2.05, 4.69) is 11.6 Å². The monoisotopic (exact) mass is 425 g/mol. The summed E-state index contributed by atoms with van der Waals surface area (Å²) in [6, 6.07) is 9.43. The van der Waals surface area contributed by atoms with Gasteiger partial charge in [-0.25, -0.2) is 4.98 Å². The first-order chi connectivity index (χ1) is 14.6. The van der Waals surface area contributed by atoms with Crippen LogP contribution in [0.4, 0.5) is 0 Å². The van der Waals surface area contributed by atoms with Gasteiger partial charge in [0.1, 0.15) is 29.1 Å². The molecule has 0 aliphatic heterocycles. The SMILES string of the molecule is C=CCN(Cc1nc2sc3c(c2c(=O)[nH]1)CCCC3)CC(O)COc1ccccc1. The standard InChI is InChI=1S/C23H27N3O3S/c1-2-12-26(13-16(27)15-29-17-8-4-3-5-9-17)14-20-24-22(28)21-18-10-6-7-11-19(18)30-23(21)25-20/h2-5,8-9,16,27H,1,6-7,10-15H2,(H,24,25,28). The van der Waals surface area contributed by atoms with Crippen molar-refractivity contribution in [2.75, 3.05) is 19.7 Å². The average molecular weight is 426 g/mol. The first-order valence-corrected chi connectivity index (χ1v) is 11.2. The van der Waals surface area contributed by atoms with Crippen molar-refractivity contribution in [3.05, 3.63) is 69.6 Å². The molecule has 1 aromatic carbocycles. The van der Waals surface area contributed by atoms with E-state index in [1.54, 1.807) is 17.4 Å². The topological polar surface area (TPSA) is 78.5 Å². The van der Waals surface area contributed by atoms with E-state index in [1.165, 1.54) is 16.9 Å². The molecule has 1 unspecified atom stereocenters. The van der Waals surface area contributed by atoms with Gasteiger partial charge in [-0.2, -0.15) is 0 Å². The number of para-hydroxylation sites is 1. The Balaban J connectivity index is 1.45. The van der Waals surface area contributed by atoms with Crippen LogP contribution in [0.25, 0.3) is 10.2 Å². The summed E-state index contributed by atoms with van der Waals surface area (Å²) in [5, 5.41) is 11.2. The first kappa shape index (κ1) is 20.8. The molecule has 6 nitrogen and oxygen atoms in total. The number of aromatic nitrogens is 2. The highest BCUT2D eigenvalue weighted by molar-refractivity contribution is 7.18. The Morgan fingerprint density at radius 2 is 2.10 bits per heavy atom. The minimum atomic E-state index is -0.672. The molecule has 4 rings (SSSR count). The van der Waals surface area contributed by atoms with Gasteiger partial charge in [-0.05, 0) is 43.4 Å². The predicted octanol–water partition coefficient (Wildman–Crippen LogP) is 3.29. The van der Waals surface area contributed by atoms with E-state index in [1.807, 2.05) is 35.2 Å². The summed E-state index contributed by atoms with van der Waals surface area (Å²) in [5.41, 5.74) is 1.14. The molecule has 0 fully saturated rings. The number of aromatic amines is 1. The molecule has 1 aliphatic rings. The van der Waals surface area contributed by atoms with Crippen molar-refractivity contribution < 1.29 is 9.84 Å². The summed E-state index contributed by atoms with van der Waals surface area (Å²) in [6.07, 6.45) is 5.44. The lowest BCUT2D eigenvalue weighted by Crippen LogP contribution is -2.36. The lowest BCUT2D eigenvalue weighted by atomic mass is 9.97. The molecule has 0 saturated carbocycles. The van der Waals surface area contributed by atoms with Crippen molar-refractivity contribution in [3.8, 4) is 5.75 Å². The van der Waals surface area contributed by atoms with E-state index in [0.29, 0.717) is 25.5 Å². The molecule has 0 radical (unpaired) electrons. The summed E-state index contributed by atoms with van der Waals surface area (Å²) >= 11 is 1.65. The number of benzene rings is 1. The fourth-order valence-electron chi connectivity index (χ4n) is 3.94. The zero-order chi connectivity index (χ0) is 20.9. The highest BCUT2D eigenvalue weighted by atomic mass is 32.1. The molecule has 2 aromatic heterocycles. The maximum atomic E-state index is 12.8. The molecule has 2 heterocycles. The summed E-state index contributed by atoms with van der Waals surface area (Å²) < 4.78 is 5.65. The zero-order valence-electron chi connectivity index (χ0n) is 17.0. The van der Waals surface area contributed by atoms with Crippen LogP contribution in [0.1, 0.15) is 29.1 Å². The molecule has 0 saturated heterocycles. The van der Waals surface area contributed by atoms with Gasteiger partial charge in [0.2, 0.25) is 0 Å². The Bertz CT molecular complexity index is 1060. The van der Waals surface area contributed by atoms with Crippen LogP contribution in [0.15, 0.2) is 47.8 Å². The fraction of sp³-hybridized carbons (Fsp3) is 0.391. The number of H-pyrrole nitrogens is 1. The number of aryl methyl sites for hydroxylation is 2. The van der Waals surface area contributed by atoms with Crippen LogP contribution in [-0.2, 0) is 19.4 Å². The average Bonchev–Trinajstić information content (AvgIpc) is 3.12. The van der Waals surface area contributed by atoms with Gasteiger partial charge in [0.15, 0.2) is 0 Å². The number of aliphatic hydroxyl groups excluding tert-OH is 1. The lowest BCUT2D eigenvalue weighted by molar-refractivity contribution is 0.0689. The molecular weight excluding hydrogens is 398 g/mol. The van der Waals surface area contributed by atoms with Gasteiger partial charge < -0.3 is 14.8 Å². The van der Waals surface area contributed by atoms with Crippen LogP contribution in [0.2, 0.25) is 0 Å². The van der Waals surface area contributed by atoms with E-state index in [0.717, 1.165) is 35.2 Å². The van der Waals surface area contributed by atoms with E-state index in [4.69, 9.17) is 9.72 Å². The predicted molar refractivity (Wildman–Crippen MR) is 120 cm³/mol. The number of nitrogens with zero attached hydrogens (tertiary/aromatic N) is 2. The maximum absolute atomic E-state index is 12.8. The van der Waals surface area contributed by atoms with Crippen LogP contribution in [-0.4, -0.2) is 45.8 Å². The quantitative estimate of drug-likeness (QED) is 0.515. The van der Waals surface area contributed by atoms with Crippen molar-refractivity contribution >= 4 is 21.6 Å². The van der Waals surface area contributed by atoms with Crippen LogP contribution in [0, 0.1) is 0 Å². The highest BCUT2D eigenvalue weighted by Gasteiger charge is 2.20. The largest absolute Gasteiger partial charge is 0.491 e. The van der Waals surface area contributed by atoms with Gasteiger partial charge in [-0.3, -0.25) is 9.69 Å². The second-order valence-electron chi connectivity index (χ2n) is 7.66. The normalized spacial score (nSPS) is 14.6. The van der Waals surface area contributed by atoms with Crippen LogP contribution < -0.4 is 10.3 Å². The Morgan fingerprint density at radius 1 is 1.30 bits per heavy atom. The fourth-order valence-corrected chi connectivity index (χ4v) is 5.22. The van der Waals surface area contributed by atoms with Crippen molar-refractivity contribution in [2.45, 2.75) is 38.3 Å². The van der Waals surface area contributed by atoms with Crippen LogP contribution in [0.5, 0.6) is 5.75 Å². The number of hydrogen-bond donors (Lipinski definition) is 2. The van der Waals surface area contributed by atoms with Gasteiger partial charge in [-0.15, -0.1) is 17.9 Å². The lowest BCUT2D eigenvalue weighted by Gasteiger charge is -2.23. The van der Waals surface area contributed by atoms with Crippen molar-refractivity contribution in [1.29, 1.82) is 0 Å². The zero-order valence-corrected chi connectivity index (χ0v) is 17.8. The van der Waals surface area contributed by atoms with Crippen molar-refractivity contribution in [3.63, 3.8) is 0 Å². The summed E-state index contributed by atoms with van der Waals surface area (Å²) in [6.45, 7) is 5.40. The van der Waals surface area contributed by atoms with E-state index in [9.17, 15) is 9.90 Å². The number of rotatable bonds is 9. The maximum Gasteiger partial charge on any atom is 0.259 e. The number of hydrogen-bond acceptors (Lipinski definition) is 6. The van der Waals surface area contributed by atoms with Gasteiger partial charge in [0, 0.05) is 18.0 Å². The Morgan fingerprint density at radius 3 is 2.90 bits per heavy atom. The summed E-state index contributed by atoms with van der Waals surface area (Å²) in [4.78, 5) is 24.6. The Kier molecular flexibility index (Phi) is 6.62. The molecule has 1 atom stereocenters. The second-order valence-corrected chi connectivity index (χ2v) is 8.75. The third-order valence-corrected chi connectivity index (χ3v) is 6.48. The molecule has 30 heavy (non-hydrogen) atoms. The molecule has 1 aliphatic carbocycles. The number of nitrogens with one attached hydrogen (secondary N) is 1. The Labute approximate surface area is 179 Å². The van der Waals surface area contributed by atoms with Gasteiger partial charge in [-0.1, -0.05) is 24.3 Å². The minimum Gasteiger partial charge on any atom is -0.491 e. The highest BCUT2D eigenvalue weighted by Crippen LogP contribution is 2.33. The van der Waals surface area contributed by atoms with Crippen LogP contribution in [0.3, 0.4) is 0 Å². The van der Waals surface area contributed by atoms with Crippen LogP contribution >= 0.6 is 11.3 Å². The molecule has 0 bridgehead atoms. The van der Waals surface area contributed by atoms with Gasteiger partial charge in [0.25, 0.3) is 5.56 Å². The van der Waals surface area contributed by atoms with Crippen molar-refractivity contribution in [2.24, 2.45) is 0 Å². The second kappa shape index (κ2) is 9.55. The molecule has 3 aromatic rings. The number of thiophene rings is 1. The minimum absolute atomic E-state index is 0.0547. The van der Waals surface area contributed by atoms with E-state index < -0.39 is 6.10 Å². The molecule has 0 amide bonds. The third kappa shape index (κ3) is 4.80. The molecule has 2 N–H and O–H groups in total. The molecular formula is C23H27N3O3S. The molecule has 0 spiro atoms. The smallest absolute Gasteiger partial charge is 0.259 e. The van der Waals surface area contributed by atoms with E-state index >= 15 is 0 Å². The third-order valence-electron chi connectivity index (χ3n) is 5.29. The van der Waals surface area contributed by atoms with E-state index in [-0.39, 0.29) is 12.2 Å². The Hall–Kier alpha value is -2.48. The van der Waals surface area contributed by atoms with Gasteiger partial charge in [0.05, 0.1) is 11.9 Å². The summed E-state index contributed by atoms with van der Waals surface area (Å²) in [7, 11) is 0. The number of fused-ring (bicyclic) bond motifs is 3.